The lowest BCUT2D eigenvalue weighted by atomic mass is 10.5. The van der Waals surface area contributed by atoms with E-state index in [1.54, 1.807) is 6.07 Å². The number of rotatable bonds is 3. The molecular weight excluding hydrogens is 306 g/mol. The molecule has 0 saturated carbocycles. The molecule has 4 nitrogen and oxygen atoms in total. The van der Waals surface area contributed by atoms with Gasteiger partial charge in [0.25, 0.3) is 17.2 Å². The second kappa shape index (κ2) is 4.46. The highest BCUT2D eigenvalue weighted by atomic mass is 79.9. The number of pyridine rings is 1. The van der Waals surface area contributed by atoms with Gasteiger partial charge in [-0.05, 0) is 22.0 Å². The van der Waals surface area contributed by atoms with E-state index < -0.39 is 13.0 Å². The predicted molar refractivity (Wildman–Crippen MR) is 59.4 cm³/mol. The van der Waals surface area contributed by atoms with Gasteiger partial charge in [-0.15, -0.1) is 0 Å². The number of H-pyrrole nitrogens is 1. The highest BCUT2D eigenvalue weighted by Gasteiger charge is 2.10. The number of hydrogen-bond acceptors (Lipinski definition) is 4. The number of thiazole rings is 1. The molecule has 2 aromatic rings. The third-order valence-electron chi connectivity index (χ3n) is 1.67. The first kappa shape index (κ1) is 11.5. The van der Waals surface area contributed by atoms with Crippen molar-refractivity contribution in [1.82, 2.24) is 9.97 Å². The minimum absolute atomic E-state index is 0.115. The quantitative estimate of drug-likeness (QED) is 0.947. The minimum atomic E-state index is -2.54. The summed E-state index contributed by atoms with van der Waals surface area (Å²) in [5, 5.41) is 0.115. The first-order chi connectivity index (χ1) is 7.56. The molecule has 0 aliphatic carbocycles. The lowest BCUT2D eigenvalue weighted by Crippen LogP contribution is -2.07. The molecule has 0 amide bonds. The standard InChI is InChI=1S/C8H5BrF2N2O2S/c9-3-1-4-6(12-7(3)14)13-8(16-4)15-2-5(10)11/h1,5H,2H2,(H,12,14). The summed E-state index contributed by atoms with van der Waals surface area (Å²) in [5.74, 6) is 0. The maximum atomic E-state index is 11.9. The number of nitrogens with one attached hydrogen (secondary N) is 1. The Morgan fingerprint density at radius 1 is 1.62 bits per heavy atom. The molecule has 8 heteroatoms. The molecule has 0 radical (unpaired) electrons. The normalized spacial score (nSPS) is 11.2. The summed E-state index contributed by atoms with van der Waals surface area (Å²) in [6, 6.07) is 1.57. The van der Waals surface area contributed by atoms with E-state index in [1.807, 2.05) is 0 Å². The summed E-state index contributed by atoms with van der Waals surface area (Å²) in [4.78, 5) is 17.6. The van der Waals surface area contributed by atoms with E-state index in [2.05, 4.69) is 25.9 Å². The van der Waals surface area contributed by atoms with E-state index in [0.717, 1.165) is 11.3 Å². The van der Waals surface area contributed by atoms with Crippen LogP contribution in [0.3, 0.4) is 0 Å². The number of hydrogen-bond donors (Lipinski definition) is 1. The fraction of sp³-hybridized carbons (Fsp3) is 0.250. The van der Waals surface area contributed by atoms with Gasteiger partial charge >= 0.3 is 0 Å². The van der Waals surface area contributed by atoms with Crippen LogP contribution in [0.1, 0.15) is 0 Å². The SMILES string of the molecule is O=c1[nH]c2nc(OCC(F)F)sc2cc1Br. The topological polar surface area (TPSA) is 55.0 Å². The molecule has 0 aliphatic heterocycles. The molecule has 0 aliphatic rings. The maximum absolute atomic E-state index is 11.9. The lowest BCUT2D eigenvalue weighted by molar-refractivity contribution is 0.0818. The fourth-order valence-electron chi connectivity index (χ4n) is 1.04. The number of nitrogens with zero attached hydrogens (tertiary/aromatic N) is 1. The zero-order chi connectivity index (χ0) is 11.7. The van der Waals surface area contributed by atoms with Crippen molar-refractivity contribution in [2.45, 2.75) is 6.43 Å². The molecule has 16 heavy (non-hydrogen) atoms. The summed E-state index contributed by atoms with van der Waals surface area (Å²) in [6.07, 6.45) is -2.54. The van der Waals surface area contributed by atoms with Crippen LogP contribution in [0.4, 0.5) is 8.78 Å². The molecule has 0 atom stereocenters. The van der Waals surface area contributed by atoms with E-state index in [1.165, 1.54) is 0 Å². The van der Waals surface area contributed by atoms with Crippen LogP contribution in [0.15, 0.2) is 15.3 Å². The van der Waals surface area contributed by atoms with Crippen molar-refractivity contribution in [3.63, 3.8) is 0 Å². The van der Waals surface area contributed by atoms with E-state index in [0.29, 0.717) is 14.8 Å². The van der Waals surface area contributed by atoms with Crippen molar-refractivity contribution in [3.05, 3.63) is 20.9 Å². The summed E-state index contributed by atoms with van der Waals surface area (Å²) in [5.41, 5.74) is 0.0145. The monoisotopic (exact) mass is 310 g/mol. The van der Waals surface area contributed by atoms with Crippen molar-refractivity contribution in [2.24, 2.45) is 0 Å². The molecule has 0 unspecified atom stereocenters. The Kier molecular flexibility index (Phi) is 3.20. The average Bonchev–Trinajstić information content (AvgIpc) is 2.58. The Morgan fingerprint density at radius 2 is 2.38 bits per heavy atom. The Labute approximate surface area is 100 Å². The van der Waals surface area contributed by atoms with Crippen LogP contribution < -0.4 is 10.3 Å². The number of ether oxygens (including phenoxy) is 1. The second-order valence-electron chi connectivity index (χ2n) is 2.84. The van der Waals surface area contributed by atoms with Crippen LogP contribution in [0.2, 0.25) is 0 Å². The van der Waals surface area contributed by atoms with Crippen LogP contribution in [-0.4, -0.2) is 23.0 Å². The number of fused-ring (bicyclic) bond motifs is 1. The summed E-state index contributed by atoms with van der Waals surface area (Å²) < 4.78 is 29.6. The Morgan fingerprint density at radius 3 is 3.06 bits per heavy atom. The number of aromatic nitrogens is 2. The molecular formula is C8H5BrF2N2O2S. The van der Waals surface area contributed by atoms with Crippen molar-refractivity contribution >= 4 is 37.6 Å². The largest absolute Gasteiger partial charge is 0.464 e. The first-order valence-electron chi connectivity index (χ1n) is 4.16. The van der Waals surface area contributed by atoms with E-state index in [4.69, 9.17) is 4.74 Å². The van der Waals surface area contributed by atoms with Gasteiger partial charge in [-0.25, -0.2) is 8.78 Å². The van der Waals surface area contributed by atoms with Crippen molar-refractivity contribution in [1.29, 1.82) is 0 Å². The van der Waals surface area contributed by atoms with Crippen LogP contribution in [-0.2, 0) is 0 Å². The third kappa shape index (κ3) is 2.38. The van der Waals surface area contributed by atoms with Crippen LogP contribution >= 0.6 is 27.3 Å². The van der Waals surface area contributed by atoms with Gasteiger partial charge < -0.3 is 9.72 Å². The highest BCUT2D eigenvalue weighted by Crippen LogP contribution is 2.27. The van der Waals surface area contributed by atoms with Crippen molar-refractivity contribution in [3.8, 4) is 5.19 Å². The van der Waals surface area contributed by atoms with Gasteiger partial charge in [0.1, 0.15) is 0 Å². The van der Waals surface area contributed by atoms with Crippen LogP contribution in [0.5, 0.6) is 5.19 Å². The van der Waals surface area contributed by atoms with E-state index >= 15 is 0 Å². The molecule has 0 fully saturated rings. The molecule has 2 aromatic heterocycles. The van der Waals surface area contributed by atoms with Gasteiger partial charge in [-0.1, -0.05) is 11.3 Å². The second-order valence-corrected chi connectivity index (χ2v) is 4.69. The molecule has 86 valence electrons. The zero-order valence-electron chi connectivity index (χ0n) is 7.67. The zero-order valence-corrected chi connectivity index (χ0v) is 10.1. The highest BCUT2D eigenvalue weighted by molar-refractivity contribution is 9.10. The number of halogens is 3. The molecule has 0 aromatic carbocycles. The van der Waals surface area contributed by atoms with Gasteiger partial charge in [0.2, 0.25) is 0 Å². The van der Waals surface area contributed by atoms with Crippen LogP contribution in [0.25, 0.3) is 10.3 Å². The maximum Gasteiger partial charge on any atom is 0.275 e. The van der Waals surface area contributed by atoms with Crippen LogP contribution in [0, 0.1) is 0 Å². The number of alkyl halides is 2. The molecule has 0 saturated heterocycles. The smallest absolute Gasteiger partial charge is 0.275 e. The first-order valence-corrected chi connectivity index (χ1v) is 5.77. The molecule has 0 spiro atoms. The summed E-state index contributed by atoms with van der Waals surface area (Å²) in [6.45, 7) is -0.703. The van der Waals surface area contributed by atoms with E-state index in [9.17, 15) is 13.6 Å². The molecule has 2 heterocycles. The van der Waals surface area contributed by atoms with E-state index in [-0.39, 0.29) is 10.8 Å². The Bertz CT molecular complexity index is 569. The number of aromatic amines is 1. The van der Waals surface area contributed by atoms with Crippen molar-refractivity contribution in [2.75, 3.05) is 6.61 Å². The molecule has 2 rings (SSSR count). The van der Waals surface area contributed by atoms with Gasteiger partial charge in [0.05, 0.1) is 9.17 Å². The Hall–Kier alpha value is -1.02. The third-order valence-corrected chi connectivity index (χ3v) is 3.18. The van der Waals surface area contributed by atoms with Gasteiger partial charge in [-0.3, -0.25) is 4.79 Å². The lowest BCUT2D eigenvalue weighted by Gasteiger charge is -1.98. The van der Waals surface area contributed by atoms with Gasteiger partial charge in [0, 0.05) is 0 Å². The Balaban J connectivity index is 2.33. The summed E-state index contributed by atoms with van der Waals surface area (Å²) in [7, 11) is 0. The fourth-order valence-corrected chi connectivity index (χ4v) is 2.34. The van der Waals surface area contributed by atoms with Crippen molar-refractivity contribution < 1.29 is 13.5 Å². The summed E-state index contributed by atoms with van der Waals surface area (Å²) >= 11 is 4.16. The van der Waals surface area contributed by atoms with Gasteiger partial charge in [-0.2, -0.15) is 4.98 Å². The molecule has 0 bridgehead atoms. The molecule has 1 N–H and O–H groups in total. The average molecular weight is 311 g/mol. The minimum Gasteiger partial charge on any atom is -0.464 e. The van der Waals surface area contributed by atoms with Gasteiger partial charge in [0.15, 0.2) is 12.3 Å². The predicted octanol–water partition coefficient (Wildman–Crippen LogP) is 2.39.